The van der Waals surface area contributed by atoms with Crippen LogP contribution in [-0.2, 0) is 6.54 Å². The molecule has 0 radical (unpaired) electrons. The first kappa shape index (κ1) is 21.3. The normalized spacial score (nSPS) is 11.0. The van der Waals surface area contributed by atoms with Crippen LogP contribution in [0, 0.1) is 5.82 Å². The fraction of sp³-hybridized carbons (Fsp3) is 0.200. The van der Waals surface area contributed by atoms with Crippen LogP contribution in [-0.4, -0.2) is 39.8 Å². The van der Waals surface area contributed by atoms with Gasteiger partial charge < -0.3 is 15.4 Å². The van der Waals surface area contributed by atoms with Crippen molar-refractivity contribution in [2.45, 2.75) is 13.5 Å². The summed E-state index contributed by atoms with van der Waals surface area (Å²) >= 11 is 6.23. The van der Waals surface area contributed by atoms with E-state index in [0.29, 0.717) is 11.5 Å². The molecular weight excluding hydrogens is 411 g/mol. The van der Waals surface area contributed by atoms with Gasteiger partial charge in [-0.1, -0.05) is 17.7 Å². The highest BCUT2D eigenvalue weighted by Gasteiger charge is 2.20. The maximum absolute atomic E-state index is 14.8. The van der Waals surface area contributed by atoms with E-state index >= 15 is 0 Å². The Morgan fingerprint density at radius 2 is 2.03 bits per heavy atom. The average molecular weight is 431 g/mol. The van der Waals surface area contributed by atoms with Crippen molar-refractivity contribution in [2.75, 3.05) is 19.5 Å². The Morgan fingerprint density at radius 3 is 2.63 bits per heavy atom. The quantitative estimate of drug-likeness (QED) is 0.592. The summed E-state index contributed by atoms with van der Waals surface area (Å²) in [5.41, 5.74) is 1.25. The molecule has 1 aromatic carbocycles. The van der Waals surface area contributed by atoms with Gasteiger partial charge in [0.05, 0.1) is 29.6 Å². The number of amides is 1. The SMILES string of the molecule is CCn1cc(Nc2ncc(C=Cc3c(F)c(C(=O)NC)cc(OC)c3Cl)cn2)cn1. The number of benzene rings is 1. The van der Waals surface area contributed by atoms with Crippen LogP contribution >= 0.6 is 11.6 Å². The average Bonchev–Trinajstić information content (AvgIpc) is 3.22. The molecule has 30 heavy (non-hydrogen) atoms. The highest BCUT2D eigenvalue weighted by atomic mass is 35.5. The molecule has 8 nitrogen and oxygen atoms in total. The van der Waals surface area contributed by atoms with Crippen molar-refractivity contribution in [2.24, 2.45) is 0 Å². The fourth-order valence-corrected chi connectivity index (χ4v) is 2.90. The van der Waals surface area contributed by atoms with E-state index in [9.17, 15) is 9.18 Å². The lowest BCUT2D eigenvalue weighted by Gasteiger charge is -2.11. The lowest BCUT2D eigenvalue weighted by Crippen LogP contribution is -2.20. The molecule has 0 saturated carbocycles. The zero-order chi connectivity index (χ0) is 21.7. The molecule has 0 unspecified atom stereocenters. The Bertz CT molecular complexity index is 1080. The van der Waals surface area contributed by atoms with Gasteiger partial charge in [-0.05, 0) is 19.1 Å². The van der Waals surface area contributed by atoms with Gasteiger partial charge >= 0.3 is 0 Å². The maximum atomic E-state index is 14.8. The number of nitrogens with one attached hydrogen (secondary N) is 2. The van der Waals surface area contributed by atoms with E-state index in [2.05, 4.69) is 25.7 Å². The lowest BCUT2D eigenvalue weighted by atomic mass is 10.1. The van der Waals surface area contributed by atoms with Crippen LogP contribution in [0.3, 0.4) is 0 Å². The molecule has 10 heteroatoms. The van der Waals surface area contributed by atoms with Crippen LogP contribution in [0.2, 0.25) is 5.02 Å². The highest BCUT2D eigenvalue weighted by molar-refractivity contribution is 6.33. The van der Waals surface area contributed by atoms with Crippen molar-refractivity contribution in [1.29, 1.82) is 0 Å². The Balaban J connectivity index is 1.83. The topological polar surface area (TPSA) is 94.0 Å². The highest BCUT2D eigenvalue weighted by Crippen LogP contribution is 2.34. The predicted octanol–water partition coefficient (Wildman–Crippen LogP) is 3.77. The van der Waals surface area contributed by atoms with Gasteiger partial charge in [-0.15, -0.1) is 0 Å². The Labute approximate surface area is 177 Å². The first-order valence-corrected chi connectivity index (χ1v) is 9.42. The molecule has 1 amide bonds. The third kappa shape index (κ3) is 4.57. The van der Waals surface area contributed by atoms with E-state index in [-0.39, 0.29) is 21.9 Å². The summed E-state index contributed by atoms with van der Waals surface area (Å²) in [4.78, 5) is 20.4. The summed E-state index contributed by atoms with van der Waals surface area (Å²) in [7, 11) is 2.81. The number of anilines is 2. The van der Waals surface area contributed by atoms with Gasteiger partial charge in [-0.2, -0.15) is 5.10 Å². The molecule has 2 N–H and O–H groups in total. The molecular formula is C20H20ClFN6O2. The number of ether oxygens (including phenoxy) is 1. The summed E-state index contributed by atoms with van der Waals surface area (Å²) < 4.78 is 21.8. The minimum atomic E-state index is -0.747. The largest absolute Gasteiger partial charge is 0.495 e. The molecule has 0 atom stereocenters. The zero-order valence-corrected chi connectivity index (χ0v) is 17.4. The van der Waals surface area contributed by atoms with E-state index < -0.39 is 11.7 Å². The zero-order valence-electron chi connectivity index (χ0n) is 16.6. The van der Waals surface area contributed by atoms with Crippen molar-refractivity contribution < 1.29 is 13.9 Å². The summed E-state index contributed by atoms with van der Waals surface area (Å²) in [6.07, 6.45) is 9.70. The van der Waals surface area contributed by atoms with Crippen molar-refractivity contribution in [3.05, 3.63) is 58.4 Å². The maximum Gasteiger partial charge on any atom is 0.254 e. The molecule has 156 valence electrons. The third-order valence-corrected chi connectivity index (χ3v) is 4.61. The van der Waals surface area contributed by atoms with Crippen LogP contribution in [0.25, 0.3) is 12.2 Å². The monoisotopic (exact) mass is 430 g/mol. The van der Waals surface area contributed by atoms with Crippen molar-refractivity contribution >= 4 is 41.3 Å². The standard InChI is InChI=1S/C20H20ClFN6O2/c1-4-28-11-13(10-26-28)27-20-24-8-12(9-25-20)5-6-14-17(21)16(30-3)7-15(18(14)22)19(29)23-2/h5-11H,4H2,1-3H3,(H,23,29)(H,24,25,27). The molecule has 3 rings (SSSR count). The molecule has 0 fully saturated rings. The molecule has 0 saturated heterocycles. The molecule has 0 bridgehead atoms. The van der Waals surface area contributed by atoms with Crippen LogP contribution in [0.15, 0.2) is 30.9 Å². The number of rotatable bonds is 7. The number of hydrogen-bond acceptors (Lipinski definition) is 6. The number of carbonyl (C=O) groups excluding carboxylic acids is 1. The van der Waals surface area contributed by atoms with Gasteiger partial charge in [0.1, 0.15) is 11.6 Å². The van der Waals surface area contributed by atoms with E-state index in [0.717, 1.165) is 12.2 Å². The Kier molecular flexibility index (Phi) is 6.63. The molecule has 0 aliphatic rings. The number of aromatic nitrogens is 4. The van der Waals surface area contributed by atoms with E-state index in [4.69, 9.17) is 16.3 Å². The minimum Gasteiger partial charge on any atom is -0.495 e. The minimum absolute atomic E-state index is 0.0313. The number of hydrogen-bond donors (Lipinski definition) is 2. The number of carbonyl (C=O) groups is 1. The molecule has 0 aliphatic heterocycles. The molecule has 2 aromatic heterocycles. The second-order valence-electron chi connectivity index (χ2n) is 6.13. The molecule has 3 aromatic rings. The first-order valence-electron chi connectivity index (χ1n) is 9.04. The Hall–Kier alpha value is -3.46. The van der Waals surface area contributed by atoms with Crippen LogP contribution < -0.4 is 15.4 Å². The molecule has 0 spiro atoms. The number of methoxy groups -OCH3 is 1. The van der Waals surface area contributed by atoms with Crippen LogP contribution in [0.5, 0.6) is 5.75 Å². The van der Waals surface area contributed by atoms with E-state index in [1.54, 1.807) is 29.3 Å². The lowest BCUT2D eigenvalue weighted by molar-refractivity contribution is 0.0958. The van der Waals surface area contributed by atoms with Gasteiger partial charge in [-0.3, -0.25) is 9.48 Å². The molecule has 2 heterocycles. The Morgan fingerprint density at radius 1 is 1.30 bits per heavy atom. The number of aryl methyl sites for hydroxylation is 1. The molecule has 0 aliphatic carbocycles. The van der Waals surface area contributed by atoms with Gasteiger partial charge in [0.2, 0.25) is 5.95 Å². The van der Waals surface area contributed by atoms with Crippen LogP contribution in [0.4, 0.5) is 16.0 Å². The number of nitrogens with zero attached hydrogens (tertiary/aromatic N) is 4. The second kappa shape index (κ2) is 9.36. The van der Waals surface area contributed by atoms with E-state index in [1.165, 1.54) is 26.3 Å². The van der Waals surface area contributed by atoms with Crippen molar-refractivity contribution in [1.82, 2.24) is 25.1 Å². The smallest absolute Gasteiger partial charge is 0.254 e. The van der Waals surface area contributed by atoms with Crippen molar-refractivity contribution in [3.63, 3.8) is 0 Å². The fourth-order valence-electron chi connectivity index (χ4n) is 2.63. The van der Waals surface area contributed by atoms with Gasteiger partial charge in [0, 0.05) is 43.3 Å². The summed E-state index contributed by atoms with van der Waals surface area (Å²) in [6, 6.07) is 1.26. The predicted molar refractivity (Wildman–Crippen MR) is 113 cm³/mol. The summed E-state index contributed by atoms with van der Waals surface area (Å²) in [6.45, 7) is 2.75. The number of halogens is 2. The van der Waals surface area contributed by atoms with Crippen molar-refractivity contribution in [3.8, 4) is 5.75 Å². The van der Waals surface area contributed by atoms with Crippen LogP contribution in [0.1, 0.15) is 28.4 Å². The first-order chi connectivity index (χ1) is 14.5. The van der Waals surface area contributed by atoms with Gasteiger partial charge in [-0.25, -0.2) is 14.4 Å². The van der Waals surface area contributed by atoms with Gasteiger partial charge in [0.25, 0.3) is 5.91 Å². The summed E-state index contributed by atoms with van der Waals surface area (Å²) in [5, 5.41) is 9.67. The van der Waals surface area contributed by atoms with E-state index in [1.807, 2.05) is 13.1 Å². The second-order valence-corrected chi connectivity index (χ2v) is 6.51. The summed E-state index contributed by atoms with van der Waals surface area (Å²) in [5.74, 6) is -0.735. The van der Waals surface area contributed by atoms with Gasteiger partial charge in [0.15, 0.2) is 0 Å². The third-order valence-electron chi connectivity index (χ3n) is 4.22.